The van der Waals surface area contributed by atoms with E-state index in [2.05, 4.69) is 34.0 Å². The minimum absolute atomic E-state index is 0.121. The summed E-state index contributed by atoms with van der Waals surface area (Å²) in [5.41, 5.74) is 1.33. The van der Waals surface area contributed by atoms with Gasteiger partial charge >= 0.3 is 0 Å². The Labute approximate surface area is 135 Å². The summed E-state index contributed by atoms with van der Waals surface area (Å²) in [6.07, 6.45) is 0.964. The van der Waals surface area contributed by atoms with Crippen LogP contribution >= 0.6 is 0 Å². The molecule has 0 radical (unpaired) electrons. The summed E-state index contributed by atoms with van der Waals surface area (Å²) >= 11 is 0. The zero-order chi connectivity index (χ0) is 16.2. The predicted octanol–water partition coefficient (Wildman–Crippen LogP) is 1.29. The third-order valence-electron chi connectivity index (χ3n) is 4.59. The number of hydrogen-bond donors (Lipinski definition) is 0. The van der Waals surface area contributed by atoms with E-state index < -0.39 is 11.2 Å². The molecule has 1 aromatic carbocycles. The molecule has 0 N–H and O–H groups in total. The van der Waals surface area contributed by atoms with Gasteiger partial charge in [-0.1, -0.05) is 30.3 Å². The van der Waals surface area contributed by atoms with Gasteiger partial charge in [0.25, 0.3) is 5.09 Å². The van der Waals surface area contributed by atoms with Gasteiger partial charge in [-0.3, -0.25) is 4.90 Å². The van der Waals surface area contributed by atoms with Crippen molar-refractivity contribution in [2.24, 2.45) is 0 Å². The number of hydrogen-bond acceptors (Lipinski definition) is 6. The maximum Gasteiger partial charge on any atom is 0.294 e. The highest BCUT2D eigenvalue weighted by Gasteiger charge is 2.50. The van der Waals surface area contributed by atoms with Gasteiger partial charge in [0.05, 0.1) is 19.3 Å². The Kier molecular flexibility index (Phi) is 5.09. The van der Waals surface area contributed by atoms with Gasteiger partial charge in [-0.15, -0.1) is 10.1 Å². The first-order valence-electron chi connectivity index (χ1n) is 7.93. The summed E-state index contributed by atoms with van der Waals surface area (Å²) in [6, 6.07) is 10.5. The van der Waals surface area contributed by atoms with Gasteiger partial charge in [0.15, 0.2) is 6.10 Å². The lowest BCUT2D eigenvalue weighted by molar-refractivity contribution is -0.769. The largest absolute Gasteiger partial charge is 0.371 e. The van der Waals surface area contributed by atoms with Crippen molar-refractivity contribution >= 4 is 0 Å². The number of likely N-dealkylation sites (N-methyl/N-ethyl adjacent to an activating group) is 1. The standard InChI is InChI=1S/C16H22N2O5/c1-17(9-5-8-12-6-3-2-4-7-12)13-10-21-16-14(23-18(19)20)11-22-15(13)16/h2-4,6-7,13-16H,5,8-11H2,1H3/t13-,14-,15+,16+/m0/s1. The van der Waals surface area contributed by atoms with Gasteiger partial charge in [0, 0.05) is 0 Å². The smallest absolute Gasteiger partial charge is 0.294 e. The molecule has 0 unspecified atom stereocenters. The van der Waals surface area contributed by atoms with Crippen LogP contribution in [0.3, 0.4) is 0 Å². The highest BCUT2D eigenvalue weighted by atomic mass is 17.0. The maximum absolute atomic E-state index is 10.5. The van der Waals surface area contributed by atoms with E-state index in [1.165, 1.54) is 5.56 Å². The molecule has 2 fully saturated rings. The Hall–Kier alpha value is -1.70. The molecule has 0 spiro atoms. The molecule has 4 atom stereocenters. The first kappa shape index (κ1) is 16.2. The Morgan fingerprint density at radius 1 is 1.26 bits per heavy atom. The lowest BCUT2D eigenvalue weighted by Gasteiger charge is -2.27. The minimum Gasteiger partial charge on any atom is -0.371 e. The normalized spacial score (nSPS) is 29.7. The molecule has 2 saturated heterocycles. The number of fused-ring (bicyclic) bond motifs is 1. The molecule has 2 aliphatic rings. The molecule has 2 aliphatic heterocycles. The van der Waals surface area contributed by atoms with Crippen molar-refractivity contribution in [3.05, 3.63) is 46.0 Å². The van der Waals surface area contributed by atoms with Gasteiger partial charge in [-0.2, -0.15) is 0 Å². The molecule has 0 aliphatic carbocycles. The zero-order valence-corrected chi connectivity index (χ0v) is 13.2. The van der Waals surface area contributed by atoms with E-state index in [9.17, 15) is 10.1 Å². The number of rotatable bonds is 7. The fourth-order valence-corrected chi connectivity index (χ4v) is 3.37. The molecular formula is C16H22N2O5. The van der Waals surface area contributed by atoms with Gasteiger partial charge in [0.1, 0.15) is 12.2 Å². The summed E-state index contributed by atoms with van der Waals surface area (Å²) in [6.45, 7) is 1.66. The number of ether oxygens (including phenoxy) is 2. The van der Waals surface area contributed by atoms with E-state index in [1.807, 2.05) is 13.1 Å². The van der Waals surface area contributed by atoms with Crippen molar-refractivity contribution in [2.45, 2.75) is 37.2 Å². The summed E-state index contributed by atoms with van der Waals surface area (Å²) < 4.78 is 11.4. The van der Waals surface area contributed by atoms with Crippen LogP contribution in [0.15, 0.2) is 30.3 Å². The van der Waals surface area contributed by atoms with Crippen molar-refractivity contribution in [1.29, 1.82) is 0 Å². The van der Waals surface area contributed by atoms with E-state index in [4.69, 9.17) is 9.47 Å². The van der Waals surface area contributed by atoms with Crippen LogP contribution in [0, 0.1) is 10.1 Å². The lowest BCUT2D eigenvalue weighted by Crippen LogP contribution is -2.43. The molecule has 0 saturated carbocycles. The SMILES string of the molecule is CN(CCCc1ccccc1)[C@H]1CO[C@H]2[C@@H]1OC[C@@H]2O[N+](=O)[O-]. The Balaban J connectivity index is 1.47. The summed E-state index contributed by atoms with van der Waals surface area (Å²) in [5.74, 6) is 0. The van der Waals surface area contributed by atoms with Crippen molar-refractivity contribution in [3.8, 4) is 0 Å². The predicted molar refractivity (Wildman–Crippen MR) is 82.5 cm³/mol. The van der Waals surface area contributed by atoms with Crippen LogP contribution in [0.5, 0.6) is 0 Å². The monoisotopic (exact) mass is 322 g/mol. The second-order valence-corrected chi connectivity index (χ2v) is 6.10. The van der Waals surface area contributed by atoms with E-state index in [0.29, 0.717) is 6.61 Å². The number of nitrogens with zero attached hydrogens (tertiary/aromatic N) is 2. The zero-order valence-electron chi connectivity index (χ0n) is 13.2. The van der Waals surface area contributed by atoms with Crippen LogP contribution in [-0.2, 0) is 20.7 Å². The fraction of sp³-hybridized carbons (Fsp3) is 0.625. The molecule has 23 heavy (non-hydrogen) atoms. The molecule has 0 aromatic heterocycles. The van der Waals surface area contributed by atoms with E-state index >= 15 is 0 Å². The molecular weight excluding hydrogens is 300 g/mol. The lowest BCUT2D eigenvalue weighted by atomic mass is 10.1. The maximum atomic E-state index is 10.5. The van der Waals surface area contributed by atoms with E-state index in [-0.39, 0.29) is 24.9 Å². The Morgan fingerprint density at radius 3 is 2.74 bits per heavy atom. The topological polar surface area (TPSA) is 74.1 Å². The van der Waals surface area contributed by atoms with Crippen LogP contribution in [0.1, 0.15) is 12.0 Å². The van der Waals surface area contributed by atoms with Crippen LogP contribution in [0.4, 0.5) is 0 Å². The fourth-order valence-electron chi connectivity index (χ4n) is 3.37. The second kappa shape index (κ2) is 7.25. The average molecular weight is 322 g/mol. The van der Waals surface area contributed by atoms with Gasteiger partial charge < -0.3 is 14.3 Å². The van der Waals surface area contributed by atoms with E-state index in [0.717, 1.165) is 19.4 Å². The van der Waals surface area contributed by atoms with Crippen LogP contribution in [0.2, 0.25) is 0 Å². The molecule has 1 aromatic rings. The minimum atomic E-state index is -0.767. The number of benzene rings is 1. The van der Waals surface area contributed by atoms with Crippen molar-refractivity contribution in [2.75, 3.05) is 26.8 Å². The van der Waals surface area contributed by atoms with Crippen LogP contribution in [0.25, 0.3) is 0 Å². The van der Waals surface area contributed by atoms with Gasteiger partial charge in [0.2, 0.25) is 0 Å². The highest BCUT2D eigenvalue weighted by Crippen LogP contribution is 2.31. The number of aryl methyl sites for hydroxylation is 1. The Morgan fingerprint density at radius 2 is 2.00 bits per heavy atom. The first-order chi connectivity index (χ1) is 11.1. The molecule has 126 valence electrons. The molecule has 2 heterocycles. The highest BCUT2D eigenvalue weighted by molar-refractivity contribution is 5.14. The van der Waals surface area contributed by atoms with E-state index in [1.54, 1.807) is 0 Å². The molecule has 3 rings (SSSR count). The van der Waals surface area contributed by atoms with Crippen molar-refractivity contribution < 1.29 is 19.4 Å². The van der Waals surface area contributed by atoms with Gasteiger partial charge in [-0.05, 0) is 32.0 Å². The third kappa shape index (κ3) is 3.80. The molecule has 0 amide bonds. The average Bonchev–Trinajstić information content (AvgIpc) is 3.11. The van der Waals surface area contributed by atoms with Crippen molar-refractivity contribution in [3.63, 3.8) is 0 Å². The molecule has 7 heteroatoms. The first-order valence-corrected chi connectivity index (χ1v) is 7.93. The quantitative estimate of drug-likeness (QED) is 0.556. The summed E-state index contributed by atoms with van der Waals surface area (Å²) in [5, 5.41) is 9.73. The Bertz CT molecular complexity index is 526. The van der Waals surface area contributed by atoms with Crippen LogP contribution in [-0.4, -0.2) is 61.1 Å². The van der Waals surface area contributed by atoms with Crippen molar-refractivity contribution in [1.82, 2.24) is 4.90 Å². The molecule has 7 nitrogen and oxygen atoms in total. The second-order valence-electron chi connectivity index (χ2n) is 6.10. The third-order valence-corrected chi connectivity index (χ3v) is 4.59. The molecule has 0 bridgehead atoms. The summed E-state index contributed by atoms with van der Waals surface area (Å²) in [7, 11) is 2.05. The summed E-state index contributed by atoms with van der Waals surface area (Å²) in [4.78, 5) is 17.4. The van der Waals surface area contributed by atoms with Gasteiger partial charge in [-0.25, -0.2) is 0 Å². The van der Waals surface area contributed by atoms with Crippen LogP contribution < -0.4 is 0 Å².